The maximum atomic E-state index is 11.6. The van der Waals surface area contributed by atoms with Crippen molar-refractivity contribution < 1.29 is 4.79 Å². The maximum absolute atomic E-state index is 11.6. The first-order chi connectivity index (χ1) is 8.65. The molecule has 1 heterocycles. The van der Waals surface area contributed by atoms with Crippen LogP contribution >= 0.6 is 0 Å². The van der Waals surface area contributed by atoms with Crippen molar-refractivity contribution in [3.63, 3.8) is 0 Å². The van der Waals surface area contributed by atoms with Crippen LogP contribution in [-0.4, -0.2) is 21.7 Å². The topological polar surface area (TPSA) is 72.9 Å². The van der Waals surface area contributed by atoms with Gasteiger partial charge in [0, 0.05) is 30.5 Å². The van der Waals surface area contributed by atoms with E-state index in [1.165, 1.54) is 0 Å². The summed E-state index contributed by atoms with van der Waals surface area (Å²) in [5.41, 5.74) is 7.22. The molecule has 0 aliphatic heterocycles. The van der Waals surface area contributed by atoms with Gasteiger partial charge in [-0.3, -0.25) is 4.79 Å². The number of carbonyl (C=O) groups is 1. The Balaban J connectivity index is 2.11. The lowest BCUT2D eigenvalue weighted by Gasteiger charge is -2.08. The van der Waals surface area contributed by atoms with Crippen molar-refractivity contribution in [3.8, 4) is 5.69 Å². The summed E-state index contributed by atoms with van der Waals surface area (Å²) < 4.78 is 1.74. The number of anilines is 1. The minimum absolute atomic E-state index is 0.0809. The standard InChI is InChI=1S/C13H16N4O/c1-10(14)8-13(18)16-11-4-2-5-12(9-11)17-7-3-6-15-17/h2-7,9-10H,8,14H2,1H3,(H,16,18). The average molecular weight is 244 g/mol. The van der Waals surface area contributed by atoms with Gasteiger partial charge in [0.1, 0.15) is 0 Å². The SMILES string of the molecule is CC(N)CC(=O)Nc1cccc(-n2cccn2)c1. The highest BCUT2D eigenvalue weighted by Crippen LogP contribution is 2.14. The Bertz CT molecular complexity index is 520. The van der Waals surface area contributed by atoms with E-state index in [1.54, 1.807) is 17.8 Å². The van der Waals surface area contributed by atoms with E-state index in [-0.39, 0.29) is 11.9 Å². The molecule has 0 bridgehead atoms. The highest BCUT2D eigenvalue weighted by atomic mass is 16.1. The first-order valence-electron chi connectivity index (χ1n) is 5.80. The molecular weight excluding hydrogens is 228 g/mol. The molecule has 0 aliphatic rings. The van der Waals surface area contributed by atoms with E-state index in [9.17, 15) is 4.79 Å². The first kappa shape index (κ1) is 12.3. The molecule has 5 nitrogen and oxygen atoms in total. The monoisotopic (exact) mass is 244 g/mol. The average Bonchev–Trinajstić information content (AvgIpc) is 2.81. The lowest BCUT2D eigenvalue weighted by atomic mass is 10.2. The van der Waals surface area contributed by atoms with Gasteiger partial charge in [0.15, 0.2) is 0 Å². The highest BCUT2D eigenvalue weighted by molar-refractivity contribution is 5.91. The third-order valence-corrected chi connectivity index (χ3v) is 2.41. The van der Waals surface area contributed by atoms with Gasteiger partial charge in [-0.25, -0.2) is 4.68 Å². The predicted octanol–water partition coefficient (Wildman–Crippen LogP) is 1.55. The molecule has 1 aromatic heterocycles. The Morgan fingerprint density at radius 1 is 1.50 bits per heavy atom. The molecule has 0 radical (unpaired) electrons. The second-order valence-electron chi connectivity index (χ2n) is 4.23. The zero-order chi connectivity index (χ0) is 13.0. The van der Waals surface area contributed by atoms with Crippen LogP contribution in [0.25, 0.3) is 5.69 Å². The molecule has 18 heavy (non-hydrogen) atoms. The summed E-state index contributed by atoms with van der Waals surface area (Å²) >= 11 is 0. The number of benzene rings is 1. The molecule has 0 saturated heterocycles. The van der Waals surface area contributed by atoms with Crippen LogP contribution in [0, 0.1) is 0 Å². The molecule has 2 aromatic rings. The van der Waals surface area contributed by atoms with Gasteiger partial charge in [-0.15, -0.1) is 0 Å². The quantitative estimate of drug-likeness (QED) is 0.857. The minimum atomic E-state index is -0.140. The van der Waals surface area contributed by atoms with Crippen LogP contribution in [0.4, 0.5) is 5.69 Å². The third kappa shape index (κ3) is 3.18. The Morgan fingerprint density at radius 2 is 2.33 bits per heavy atom. The maximum Gasteiger partial charge on any atom is 0.225 e. The van der Waals surface area contributed by atoms with Crippen molar-refractivity contribution in [3.05, 3.63) is 42.7 Å². The van der Waals surface area contributed by atoms with Crippen LogP contribution in [0.2, 0.25) is 0 Å². The van der Waals surface area contributed by atoms with Gasteiger partial charge in [-0.2, -0.15) is 5.10 Å². The second kappa shape index (κ2) is 5.46. The fourth-order valence-corrected chi connectivity index (χ4v) is 1.65. The molecule has 2 rings (SSSR count). The fourth-order valence-electron chi connectivity index (χ4n) is 1.65. The molecule has 0 saturated carbocycles. The number of hydrogen-bond donors (Lipinski definition) is 2. The number of rotatable bonds is 4. The van der Waals surface area contributed by atoms with Gasteiger partial charge < -0.3 is 11.1 Å². The summed E-state index contributed by atoms with van der Waals surface area (Å²) in [5, 5.41) is 6.95. The summed E-state index contributed by atoms with van der Waals surface area (Å²) in [4.78, 5) is 11.6. The lowest BCUT2D eigenvalue weighted by Crippen LogP contribution is -2.24. The Labute approximate surface area is 106 Å². The highest BCUT2D eigenvalue weighted by Gasteiger charge is 2.06. The number of carbonyl (C=O) groups excluding carboxylic acids is 1. The van der Waals surface area contributed by atoms with Crippen LogP contribution < -0.4 is 11.1 Å². The largest absolute Gasteiger partial charge is 0.327 e. The number of nitrogens with one attached hydrogen (secondary N) is 1. The molecule has 1 aromatic carbocycles. The lowest BCUT2D eigenvalue weighted by molar-refractivity contribution is -0.116. The number of hydrogen-bond acceptors (Lipinski definition) is 3. The molecule has 0 spiro atoms. The van der Waals surface area contributed by atoms with E-state index in [4.69, 9.17) is 5.73 Å². The first-order valence-corrected chi connectivity index (χ1v) is 5.80. The van der Waals surface area contributed by atoms with Crippen molar-refractivity contribution in [1.82, 2.24) is 9.78 Å². The van der Waals surface area contributed by atoms with E-state index in [1.807, 2.05) is 36.5 Å². The van der Waals surface area contributed by atoms with Crippen molar-refractivity contribution in [2.75, 3.05) is 5.32 Å². The van der Waals surface area contributed by atoms with Crippen molar-refractivity contribution in [2.24, 2.45) is 5.73 Å². The zero-order valence-corrected chi connectivity index (χ0v) is 10.2. The predicted molar refractivity (Wildman–Crippen MR) is 70.5 cm³/mol. The number of nitrogens with zero attached hydrogens (tertiary/aromatic N) is 2. The van der Waals surface area contributed by atoms with Crippen LogP contribution in [0.15, 0.2) is 42.7 Å². The number of amides is 1. The van der Waals surface area contributed by atoms with Crippen LogP contribution in [-0.2, 0) is 4.79 Å². The van der Waals surface area contributed by atoms with Crippen LogP contribution in [0.5, 0.6) is 0 Å². The van der Waals surface area contributed by atoms with Gasteiger partial charge in [0.05, 0.1) is 5.69 Å². The van der Waals surface area contributed by atoms with E-state index in [2.05, 4.69) is 10.4 Å². The van der Waals surface area contributed by atoms with Gasteiger partial charge in [-0.1, -0.05) is 6.07 Å². The molecule has 94 valence electrons. The number of nitrogens with two attached hydrogens (primary N) is 1. The van der Waals surface area contributed by atoms with Gasteiger partial charge in [-0.05, 0) is 31.2 Å². The molecule has 1 unspecified atom stereocenters. The summed E-state index contributed by atoms with van der Waals surface area (Å²) in [6, 6.07) is 9.21. The smallest absolute Gasteiger partial charge is 0.225 e. The Morgan fingerprint density at radius 3 is 3.00 bits per heavy atom. The van der Waals surface area contributed by atoms with Crippen molar-refractivity contribution >= 4 is 11.6 Å². The van der Waals surface area contributed by atoms with E-state index < -0.39 is 0 Å². The summed E-state index contributed by atoms with van der Waals surface area (Å²) in [6.45, 7) is 1.81. The third-order valence-electron chi connectivity index (χ3n) is 2.41. The molecule has 3 N–H and O–H groups in total. The van der Waals surface area contributed by atoms with Gasteiger partial charge >= 0.3 is 0 Å². The van der Waals surface area contributed by atoms with E-state index in [0.717, 1.165) is 11.4 Å². The molecule has 1 amide bonds. The molecule has 0 aliphatic carbocycles. The second-order valence-corrected chi connectivity index (χ2v) is 4.23. The Hall–Kier alpha value is -2.14. The normalized spacial score (nSPS) is 12.1. The van der Waals surface area contributed by atoms with Gasteiger partial charge in [0.25, 0.3) is 0 Å². The van der Waals surface area contributed by atoms with Crippen LogP contribution in [0.3, 0.4) is 0 Å². The summed E-state index contributed by atoms with van der Waals surface area (Å²) in [7, 11) is 0. The molecule has 5 heteroatoms. The summed E-state index contributed by atoms with van der Waals surface area (Å²) in [6.07, 6.45) is 3.87. The Kier molecular flexibility index (Phi) is 3.74. The molecule has 0 fully saturated rings. The van der Waals surface area contributed by atoms with E-state index in [0.29, 0.717) is 6.42 Å². The van der Waals surface area contributed by atoms with E-state index >= 15 is 0 Å². The summed E-state index contributed by atoms with van der Waals surface area (Å²) in [5.74, 6) is -0.0809. The zero-order valence-electron chi connectivity index (χ0n) is 10.2. The van der Waals surface area contributed by atoms with Crippen molar-refractivity contribution in [2.45, 2.75) is 19.4 Å². The molecular formula is C13H16N4O. The minimum Gasteiger partial charge on any atom is -0.327 e. The number of aromatic nitrogens is 2. The van der Waals surface area contributed by atoms with Crippen LogP contribution in [0.1, 0.15) is 13.3 Å². The fraction of sp³-hybridized carbons (Fsp3) is 0.231. The molecule has 1 atom stereocenters. The van der Waals surface area contributed by atoms with Crippen molar-refractivity contribution in [1.29, 1.82) is 0 Å². The van der Waals surface area contributed by atoms with Gasteiger partial charge in [0.2, 0.25) is 5.91 Å².